The van der Waals surface area contributed by atoms with Crippen molar-refractivity contribution in [3.8, 4) is 17.3 Å². The molecule has 43 heavy (non-hydrogen) atoms. The lowest BCUT2D eigenvalue weighted by atomic mass is 9.75. The van der Waals surface area contributed by atoms with E-state index in [-0.39, 0.29) is 34.9 Å². The Balaban J connectivity index is 1.31. The van der Waals surface area contributed by atoms with Gasteiger partial charge in [-0.15, -0.1) is 0 Å². The Labute approximate surface area is 251 Å². The molecule has 0 spiro atoms. The highest BCUT2D eigenvalue weighted by molar-refractivity contribution is 6.00. The van der Waals surface area contributed by atoms with Gasteiger partial charge in [-0.05, 0) is 75.5 Å². The zero-order valence-electron chi connectivity index (χ0n) is 25.3. The monoisotopic (exact) mass is 586 g/mol. The van der Waals surface area contributed by atoms with Crippen molar-refractivity contribution in [1.29, 1.82) is 0 Å². The van der Waals surface area contributed by atoms with Crippen LogP contribution >= 0.6 is 0 Å². The number of hydrogen-bond acceptors (Lipinski definition) is 7. The van der Waals surface area contributed by atoms with Crippen molar-refractivity contribution in [2.45, 2.75) is 69.1 Å². The standard InChI is InChI=1S/C34H40F2N6O/c1-4-22-9-5-10-23-11-6-12-25(27(22)23)29-28(36)30-26(18-37-29)31(38-20-33(41(2)3)13-7-14-33)40-32(39-30)43-21-34-15-8-16-42(34)19-24(35)17-34/h5-6,9-12,18,24H,4,7-8,13-17,19-21H2,1-3H3,(H,38,39,40)/t24-,34+/m1/s1. The highest BCUT2D eigenvalue weighted by atomic mass is 19.1. The Kier molecular flexibility index (Phi) is 7.21. The Hall–Kier alpha value is -3.43. The molecule has 4 heterocycles. The Morgan fingerprint density at radius 2 is 1.91 bits per heavy atom. The molecule has 226 valence electrons. The molecule has 2 saturated heterocycles. The van der Waals surface area contributed by atoms with Gasteiger partial charge < -0.3 is 15.0 Å². The van der Waals surface area contributed by atoms with Crippen LogP contribution in [0.5, 0.6) is 6.01 Å². The van der Waals surface area contributed by atoms with Crippen molar-refractivity contribution in [1.82, 2.24) is 24.8 Å². The van der Waals surface area contributed by atoms with Gasteiger partial charge in [0.1, 0.15) is 29.8 Å². The van der Waals surface area contributed by atoms with Gasteiger partial charge in [0.2, 0.25) is 0 Å². The zero-order chi connectivity index (χ0) is 29.8. The molecule has 0 radical (unpaired) electrons. The maximum absolute atomic E-state index is 16.7. The van der Waals surface area contributed by atoms with E-state index < -0.39 is 12.0 Å². The quantitative estimate of drug-likeness (QED) is 0.244. The van der Waals surface area contributed by atoms with E-state index in [1.807, 2.05) is 30.3 Å². The number of aryl methyl sites for hydroxylation is 1. The Bertz CT molecular complexity index is 1670. The maximum Gasteiger partial charge on any atom is 0.319 e. The summed E-state index contributed by atoms with van der Waals surface area (Å²) < 4.78 is 37.3. The van der Waals surface area contributed by atoms with Crippen LogP contribution in [0.2, 0.25) is 0 Å². The average Bonchev–Trinajstić information content (AvgIpc) is 3.50. The predicted molar refractivity (Wildman–Crippen MR) is 167 cm³/mol. The summed E-state index contributed by atoms with van der Waals surface area (Å²) in [4.78, 5) is 18.5. The molecule has 1 N–H and O–H groups in total. The Morgan fingerprint density at radius 1 is 1.09 bits per heavy atom. The van der Waals surface area contributed by atoms with E-state index in [1.165, 1.54) is 6.42 Å². The lowest BCUT2D eigenvalue weighted by Gasteiger charge is -2.47. The third kappa shape index (κ3) is 4.81. The summed E-state index contributed by atoms with van der Waals surface area (Å²) in [5.74, 6) is 0.0105. The summed E-state index contributed by atoms with van der Waals surface area (Å²) in [6.45, 7) is 4.36. The zero-order valence-corrected chi connectivity index (χ0v) is 25.3. The maximum atomic E-state index is 16.7. The molecule has 0 amide bonds. The molecule has 2 aromatic carbocycles. The number of aromatic nitrogens is 3. The number of rotatable bonds is 9. The fourth-order valence-electron chi connectivity index (χ4n) is 7.60. The third-order valence-corrected chi connectivity index (χ3v) is 10.3. The summed E-state index contributed by atoms with van der Waals surface area (Å²) in [5, 5.41) is 6.08. The number of nitrogens with zero attached hydrogens (tertiary/aromatic N) is 5. The molecule has 3 fully saturated rings. The van der Waals surface area contributed by atoms with E-state index in [0.717, 1.165) is 60.5 Å². The summed E-state index contributed by atoms with van der Waals surface area (Å²) in [7, 11) is 4.20. The van der Waals surface area contributed by atoms with E-state index >= 15 is 4.39 Å². The molecular formula is C34H40F2N6O. The largest absolute Gasteiger partial charge is 0.461 e. The van der Waals surface area contributed by atoms with Gasteiger partial charge in [0.15, 0.2) is 5.82 Å². The van der Waals surface area contributed by atoms with Crippen LogP contribution in [0, 0.1) is 5.82 Å². The molecule has 3 aliphatic rings. The average molecular weight is 587 g/mol. The molecule has 2 aromatic heterocycles. The van der Waals surface area contributed by atoms with Crippen molar-refractivity contribution in [3.63, 3.8) is 0 Å². The van der Waals surface area contributed by atoms with Crippen LogP contribution in [0.3, 0.4) is 0 Å². The summed E-state index contributed by atoms with van der Waals surface area (Å²) in [6.07, 6.45) is 7.32. The molecule has 0 unspecified atom stereocenters. The molecule has 7 rings (SSSR count). The van der Waals surface area contributed by atoms with Crippen molar-refractivity contribution < 1.29 is 13.5 Å². The molecular weight excluding hydrogens is 546 g/mol. The third-order valence-electron chi connectivity index (χ3n) is 10.3. The first-order valence-electron chi connectivity index (χ1n) is 15.6. The van der Waals surface area contributed by atoms with Gasteiger partial charge in [0.25, 0.3) is 0 Å². The number of halogens is 2. The van der Waals surface area contributed by atoms with Crippen LogP contribution in [-0.4, -0.2) is 82.3 Å². The van der Waals surface area contributed by atoms with Gasteiger partial charge >= 0.3 is 6.01 Å². The molecule has 1 saturated carbocycles. The number of anilines is 1. The lowest BCUT2D eigenvalue weighted by molar-refractivity contribution is 0.0738. The number of hydrogen-bond donors (Lipinski definition) is 1. The molecule has 2 atom stereocenters. The molecule has 0 bridgehead atoms. The number of benzene rings is 2. The summed E-state index contributed by atoms with van der Waals surface area (Å²) in [6, 6.07) is 12.2. The van der Waals surface area contributed by atoms with E-state index in [4.69, 9.17) is 9.72 Å². The molecule has 1 aliphatic carbocycles. The van der Waals surface area contributed by atoms with Gasteiger partial charge in [0.05, 0.1) is 10.9 Å². The number of ether oxygens (including phenoxy) is 1. The van der Waals surface area contributed by atoms with Crippen LogP contribution in [0.15, 0.2) is 42.6 Å². The molecule has 7 nitrogen and oxygen atoms in total. The van der Waals surface area contributed by atoms with Gasteiger partial charge in [-0.3, -0.25) is 9.88 Å². The second-order valence-electron chi connectivity index (χ2n) is 12.9. The number of fused-ring (bicyclic) bond motifs is 3. The predicted octanol–water partition coefficient (Wildman–Crippen LogP) is 6.40. The highest BCUT2D eigenvalue weighted by Crippen LogP contribution is 2.41. The van der Waals surface area contributed by atoms with Gasteiger partial charge in [0, 0.05) is 36.8 Å². The van der Waals surface area contributed by atoms with Crippen LogP contribution < -0.4 is 10.1 Å². The van der Waals surface area contributed by atoms with E-state index in [1.54, 1.807) is 6.20 Å². The highest BCUT2D eigenvalue weighted by Gasteiger charge is 2.49. The van der Waals surface area contributed by atoms with Crippen LogP contribution in [0.25, 0.3) is 32.9 Å². The van der Waals surface area contributed by atoms with Gasteiger partial charge in [-0.25, -0.2) is 8.78 Å². The van der Waals surface area contributed by atoms with E-state index in [0.29, 0.717) is 30.7 Å². The smallest absolute Gasteiger partial charge is 0.319 e. The first kappa shape index (κ1) is 28.3. The summed E-state index contributed by atoms with van der Waals surface area (Å²) in [5.41, 5.74) is 1.98. The molecule has 2 aliphatic heterocycles. The fourth-order valence-corrected chi connectivity index (χ4v) is 7.60. The first-order chi connectivity index (χ1) is 20.8. The molecule has 4 aromatic rings. The van der Waals surface area contributed by atoms with E-state index in [9.17, 15) is 4.39 Å². The SMILES string of the molecule is CCc1cccc2cccc(-c3ncc4c(NCC5(N(C)C)CCC5)nc(OC[C@@]56CCCN5C[C@H](F)C6)nc4c3F)c12. The first-order valence-corrected chi connectivity index (χ1v) is 15.6. The van der Waals surface area contributed by atoms with Gasteiger partial charge in [-0.1, -0.05) is 43.3 Å². The fraction of sp³-hybridized carbons (Fsp3) is 0.500. The minimum Gasteiger partial charge on any atom is -0.461 e. The van der Waals surface area contributed by atoms with Gasteiger partial charge in [-0.2, -0.15) is 9.97 Å². The normalized spacial score (nSPS) is 23.2. The second-order valence-corrected chi connectivity index (χ2v) is 12.9. The topological polar surface area (TPSA) is 66.4 Å². The number of pyridine rings is 1. The van der Waals surface area contributed by atoms with Crippen molar-refractivity contribution in [2.24, 2.45) is 0 Å². The van der Waals surface area contributed by atoms with Crippen LogP contribution in [0.4, 0.5) is 14.6 Å². The Morgan fingerprint density at radius 3 is 2.65 bits per heavy atom. The minimum absolute atomic E-state index is 0.0208. The second kappa shape index (κ2) is 10.9. The lowest BCUT2D eigenvalue weighted by Crippen LogP contribution is -2.54. The minimum atomic E-state index is -0.858. The molecule has 9 heteroatoms. The van der Waals surface area contributed by atoms with E-state index in [2.05, 4.69) is 52.2 Å². The number of alkyl halides is 1. The van der Waals surface area contributed by atoms with Crippen molar-refractivity contribution in [3.05, 3.63) is 54.0 Å². The van der Waals surface area contributed by atoms with Crippen molar-refractivity contribution in [2.75, 3.05) is 45.7 Å². The van der Waals surface area contributed by atoms with Crippen molar-refractivity contribution >= 4 is 27.5 Å². The summed E-state index contributed by atoms with van der Waals surface area (Å²) >= 11 is 0. The number of nitrogens with one attached hydrogen (secondary N) is 1. The van der Waals surface area contributed by atoms with Crippen LogP contribution in [-0.2, 0) is 6.42 Å². The number of likely N-dealkylation sites (N-methyl/N-ethyl adjacent to an activating group) is 1. The van der Waals surface area contributed by atoms with Crippen LogP contribution in [0.1, 0.15) is 51.0 Å².